The summed E-state index contributed by atoms with van der Waals surface area (Å²) in [7, 11) is 0. The molecule has 2 heterocycles. The number of aromatic nitrogens is 2. The Morgan fingerprint density at radius 2 is 2.53 bits per heavy atom. The minimum absolute atomic E-state index is 0.299. The van der Waals surface area contributed by atoms with Gasteiger partial charge in [0.05, 0.1) is 12.8 Å². The molecule has 2 aromatic rings. The molecule has 2 aromatic heterocycles. The molecule has 0 aliphatic heterocycles. The predicted octanol–water partition coefficient (Wildman–Crippen LogP) is 1.97. The van der Waals surface area contributed by atoms with E-state index in [4.69, 9.17) is 9.26 Å². The van der Waals surface area contributed by atoms with E-state index in [1.807, 2.05) is 0 Å². The summed E-state index contributed by atoms with van der Waals surface area (Å²) in [5, 5.41) is 5.82. The van der Waals surface area contributed by atoms with Gasteiger partial charge in [-0.05, 0) is 6.92 Å². The minimum atomic E-state index is -0.417. The van der Waals surface area contributed by atoms with Gasteiger partial charge in [-0.1, -0.05) is 5.16 Å². The quantitative estimate of drug-likeness (QED) is 0.746. The molecule has 6 heteroatoms. The fourth-order valence-electron chi connectivity index (χ4n) is 1.01. The number of nitrogens with zero attached hydrogens (tertiary/aromatic N) is 2. The fraction of sp³-hybridized carbons (Fsp3) is 0.222. The molecular formula is C9H8N2O3S. The molecule has 0 N–H and O–H groups in total. The first-order valence-corrected chi connectivity index (χ1v) is 5.23. The van der Waals surface area contributed by atoms with Crippen molar-refractivity contribution in [3.8, 4) is 10.8 Å². The molecule has 15 heavy (non-hydrogen) atoms. The summed E-state index contributed by atoms with van der Waals surface area (Å²) in [6.45, 7) is 2.09. The zero-order valence-corrected chi connectivity index (χ0v) is 8.78. The summed E-state index contributed by atoms with van der Waals surface area (Å²) < 4.78 is 9.74. The Bertz CT molecular complexity index is 450. The molecule has 0 atom stereocenters. The van der Waals surface area contributed by atoms with Gasteiger partial charge in [0.15, 0.2) is 16.5 Å². The normalized spacial score (nSPS) is 10.2. The highest BCUT2D eigenvalue weighted by Gasteiger charge is 2.13. The molecule has 0 saturated carbocycles. The number of esters is 1. The Kier molecular flexibility index (Phi) is 2.77. The number of thiazole rings is 1. The second kappa shape index (κ2) is 4.22. The Balaban J connectivity index is 2.21. The highest BCUT2D eigenvalue weighted by atomic mass is 32.1. The molecule has 2 rings (SSSR count). The molecule has 0 aromatic carbocycles. The van der Waals surface area contributed by atoms with Crippen molar-refractivity contribution in [2.45, 2.75) is 6.92 Å². The Morgan fingerprint density at radius 1 is 1.67 bits per heavy atom. The van der Waals surface area contributed by atoms with Gasteiger partial charge in [-0.2, -0.15) is 0 Å². The Labute approximate surface area is 89.7 Å². The zero-order valence-electron chi connectivity index (χ0n) is 7.97. The van der Waals surface area contributed by atoms with Gasteiger partial charge in [0.2, 0.25) is 0 Å². The molecule has 0 aliphatic carbocycles. The van der Waals surface area contributed by atoms with Crippen molar-refractivity contribution < 1.29 is 14.1 Å². The van der Waals surface area contributed by atoms with Crippen LogP contribution >= 0.6 is 11.3 Å². The van der Waals surface area contributed by atoms with Crippen molar-refractivity contribution in [3.63, 3.8) is 0 Å². The predicted molar refractivity (Wildman–Crippen MR) is 53.6 cm³/mol. The van der Waals surface area contributed by atoms with Crippen LogP contribution in [0.1, 0.15) is 17.4 Å². The van der Waals surface area contributed by atoms with E-state index >= 15 is 0 Å². The summed E-state index contributed by atoms with van der Waals surface area (Å²) in [6.07, 6.45) is 1.53. The smallest absolute Gasteiger partial charge is 0.357 e. The number of rotatable bonds is 3. The first-order chi connectivity index (χ1) is 7.31. The van der Waals surface area contributed by atoms with Crippen molar-refractivity contribution in [2.24, 2.45) is 0 Å². The first-order valence-electron chi connectivity index (χ1n) is 4.35. The average Bonchev–Trinajstić information content (AvgIpc) is 2.89. The second-order valence-electron chi connectivity index (χ2n) is 2.64. The number of hydrogen-bond donors (Lipinski definition) is 0. The van der Waals surface area contributed by atoms with Crippen LogP contribution in [0.3, 0.4) is 0 Å². The summed E-state index contributed by atoms with van der Waals surface area (Å²) in [5.41, 5.74) is 0.299. The van der Waals surface area contributed by atoms with Gasteiger partial charge >= 0.3 is 5.97 Å². The molecule has 5 nitrogen and oxygen atoms in total. The molecule has 0 aliphatic rings. The fourth-order valence-corrected chi connectivity index (χ4v) is 1.76. The number of ether oxygens (including phenoxy) is 1. The molecular weight excluding hydrogens is 216 g/mol. The molecule has 0 bridgehead atoms. The van der Waals surface area contributed by atoms with E-state index in [0.29, 0.717) is 23.1 Å². The highest BCUT2D eigenvalue weighted by Crippen LogP contribution is 2.23. The second-order valence-corrected chi connectivity index (χ2v) is 3.49. The summed E-state index contributed by atoms with van der Waals surface area (Å²) in [5.74, 6) is 0.134. The third-order valence-corrected chi connectivity index (χ3v) is 2.49. The minimum Gasteiger partial charge on any atom is -0.461 e. The Morgan fingerprint density at radius 3 is 3.20 bits per heavy atom. The summed E-state index contributed by atoms with van der Waals surface area (Å²) in [4.78, 5) is 15.4. The molecule has 0 amide bonds. The van der Waals surface area contributed by atoms with Crippen LogP contribution < -0.4 is 0 Å². The number of carbonyl (C=O) groups excluding carboxylic acids is 1. The lowest BCUT2D eigenvalue weighted by Crippen LogP contribution is -2.04. The van der Waals surface area contributed by atoms with Crippen LogP contribution in [0.4, 0.5) is 0 Å². The summed E-state index contributed by atoms with van der Waals surface area (Å²) >= 11 is 1.32. The van der Waals surface area contributed by atoms with Crippen molar-refractivity contribution in [3.05, 3.63) is 23.3 Å². The lowest BCUT2D eigenvalue weighted by Gasteiger charge is -1.95. The van der Waals surface area contributed by atoms with E-state index in [1.54, 1.807) is 18.4 Å². The maximum absolute atomic E-state index is 11.3. The lowest BCUT2D eigenvalue weighted by atomic mass is 10.4. The molecule has 0 unspecified atom stereocenters. The van der Waals surface area contributed by atoms with Gasteiger partial charge in [-0.25, -0.2) is 9.78 Å². The van der Waals surface area contributed by atoms with Gasteiger partial charge in [-0.3, -0.25) is 0 Å². The van der Waals surface area contributed by atoms with Crippen LogP contribution in [0.2, 0.25) is 0 Å². The van der Waals surface area contributed by atoms with Gasteiger partial charge in [0.1, 0.15) is 0 Å². The van der Waals surface area contributed by atoms with Crippen LogP contribution in [0.15, 0.2) is 22.2 Å². The summed E-state index contributed by atoms with van der Waals surface area (Å²) in [6, 6.07) is 1.69. The van der Waals surface area contributed by atoms with E-state index in [9.17, 15) is 4.79 Å². The van der Waals surface area contributed by atoms with Crippen LogP contribution in [0.5, 0.6) is 0 Å². The average molecular weight is 224 g/mol. The van der Waals surface area contributed by atoms with Gasteiger partial charge < -0.3 is 9.26 Å². The van der Waals surface area contributed by atoms with Gasteiger partial charge in [0, 0.05) is 11.4 Å². The van der Waals surface area contributed by atoms with Gasteiger partial charge in [0.25, 0.3) is 0 Å². The monoisotopic (exact) mass is 224 g/mol. The van der Waals surface area contributed by atoms with E-state index in [2.05, 4.69) is 10.1 Å². The first kappa shape index (κ1) is 9.85. The maximum Gasteiger partial charge on any atom is 0.357 e. The highest BCUT2D eigenvalue weighted by molar-refractivity contribution is 7.13. The van der Waals surface area contributed by atoms with Crippen molar-refractivity contribution >= 4 is 17.3 Å². The standard InChI is InChI=1S/C9H8N2O3S/c1-2-13-9(12)6-5-15-8(11-6)7-3-4-10-14-7/h3-5H,2H2,1H3. The molecule has 78 valence electrons. The van der Waals surface area contributed by atoms with E-state index in [1.165, 1.54) is 17.5 Å². The van der Waals surface area contributed by atoms with Crippen molar-refractivity contribution in [2.75, 3.05) is 6.61 Å². The van der Waals surface area contributed by atoms with E-state index in [-0.39, 0.29) is 0 Å². The molecule has 0 saturated heterocycles. The van der Waals surface area contributed by atoms with Crippen molar-refractivity contribution in [1.29, 1.82) is 0 Å². The van der Waals surface area contributed by atoms with Crippen LogP contribution in [0.25, 0.3) is 10.8 Å². The third kappa shape index (κ3) is 2.04. The van der Waals surface area contributed by atoms with Crippen LogP contribution in [-0.4, -0.2) is 22.7 Å². The lowest BCUT2D eigenvalue weighted by molar-refractivity contribution is 0.0520. The molecule has 0 radical (unpaired) electrons. The SMILES string of the molecule is CCOC(=O)c1csc(-c2ccno2)n1. The third-order valence-electron chi connectivity index (χ3n) is 1.64. The topological polar surface area (TPSA) is 65.2 Å². The number of carbonyl (C=O) groups is 1. The van der Waals surface area contributed by atoms with Crippen LogP contribution in [0, 0.1) is 0 Å². The van der Waals surface area contributed by atoms with Crippen LogP contribution in [-0.2, 0) is 4.74 Å². The largest absolute Gasteiger partial charge is 0.461 e. The Hall–Kier alpha value is -1.69. The van der Waals surface area contributed by atoms with Gasteiger partial charge in [-0.15, -0.1) is 11.3 Å². The number of hydrogen-bond acceptors (Lipinski definition) is 6. The van der Waals surface area contributed by atoms with Crippen molar-refractivity contribution in [1.82, 2.24) is 10.1 Å². The molecule has 0 spiro atoms. The molecule has 0 fully saturated rings. The maximum atomic E-state index is 11.3. The van der Waals surface area contributed by atoms with E-state index < -0.39 is 5.97 Å². The van der Waals surface area contributed by atoms with E-state index in [0.717, 1.165) is 0 Å². The zero-order chi connectivity index (χ0) is 10.7.